The van der Waals surface area contributed by atoms with Crippen molar-refractivity contribution in [3.05, 3.63) is 0 Å². The van der Waals surface area contributed by atoms with E-state index < -0.39 is 6.04 Å². The van der Waals surface area contributed by atoms with Crippen molar-refractivity contribution in [2.75, 3.05) is 27.2 Å². The highest BCUT2D eigenvalue weighted by Gasteiger charge is 2.20. The number of carbonyl (C=O) groups is 1. The highest BCUT2D eigenvalue weighted by Crippen LogP contribution is 2.20. The first-order valence-corrected chi connectivity index (χ1v) is 5.65. The van der Waals surface area contributed by atoms with E-state index in [9.17, 15) is 4.79 Å². The van der Waals surface area contributed by atoms with E-state index in [0.29, 0.717) is 5.92 Å². The number of ether oxygens (including phenoxy) is 1. The van der Waals surface area contributed by atoms with Gasteiger partial charge < -0.3 is 15.4 Å². The van der Waals surface area contributed by atoms with Gasteiger partial charge in [0.2, 0.25) is 0 Å². The van der Waals surface area contributed by atoms with E-state index in [1.54, 1.807) is 0 Å². The molecule has 4 nitrogen and oxygen atoms in total. The maximum atomic E-state index is 11.1. The van der Waals surface area contributed by atoms with Crippen molar-refractivity contribution in [1.82, 2.24) is 4.90 Å². The minimum atomic E-state index is -0.442. The maximum Gasteiger partial charge on any atom is 0.322 e. The molecule has 4 heteroatoms. The summed E-state index contributed by atoms with van der Waals surface area (Å²) in [6.45, 7) is 2.33. The Balaban J connectivity index is 2.21. The summed E-state index contributed by atoms with van der Waals surface area (Å²) in [5.41, 5.74) is 5.69. The summed E-state index contributed by atoms with van der Waals surface area (Å²) in [5, 5.41) is 0. The molecule has 1 fully saturated rings. The number of hydrogen-bond acceptors (Lipinski definition) is 4. The average Bonchev–Trinajstić information content (AvgIpc) is 2.25. The van der Waals surface area contributed by atoms with Crippen molar-refractivity contribution in [2.24, 2.45) is 11.7 Å². The fourth-order valence-corrected chi connectivity index (χ4v) is 2.19. The Morgan fingerprint density at radius 2 is 2.40 bits per heavy atom. The number of esters is 1. The van der Waals surface area contributed by atoms with E-state index in [-0.39, 0.29) is 5.97 Å². The van der Waals surface area contributed by atoms with Gasteiger partial charge >= 0.3 is 5.97 Å². The fourth-order valence-electron chi connectivity index (χ4n) is 2.19. The molecule has 15 heavy (non-hydrogen) atoms. The summed E-state index contributed by atoms with van der Waals surface area (Å²) in [7, 11) is 3.53. The van der Waals surface area contributed by atoms with Gasteiger partial charge in [-0.3, -0.25) is 4.79 Å². The van der Waals surface area contributed by atoms with Crippen LogP contribution in [0.2, 0.25) is 0 Å². The summed E-state index contributed by atoms with van der Waals surface area (Å²) >= 11 is 0. The number of likely N-dealkylation sites (tertiary alicyclic amines) is 1. The molecule has 0 bridgehead atoms. The van der Waals surface area contributed by atoms with Gasteiger partial charge in [-0.05, 0) is 45.2 Å². The molecular formula is C11H22N2O2. The molecule has 0 aliphatic carbocycles. The van der Waals surface area contributed by atoms with Gasteiger partial charge in [0, 0.05) is 6.54 Å². The van der Waals surface area contributed by atoms with Crippen molar-refractivity contribution < 1.29 is 9.53 Å². The zero-order valence-electron chi connectivity index (χ0n) is 9.74. The van der Waals surface area contributed by atoms with Crippen LogP contribution in [-0.2, 0) is 9.53 Å². The third-order valence-electron chi connectivity index (χ3n) is 3.11. The third-order valence-corrected chi connectivity index (χ3v) is 3.11. The summed E-state index contributed by atoms with van der Waals surface area (Å²) in [4.78, 5) is 13.4. The lowest BCUT2D eigenvalue weighted by atomic mass is 9.92. The molecule has 1 aliphatic rings. The van der Waals surface area contributed by atoms with Crippen molar-refractivity contribution in [1.29, 1.82) is 0 Å². The van der Waals surface area contributed by atoms with Gasteiger partial charge in [0.15, 0.2) is 0 Å². The standard InChI is InChI=1S/C11H22N2O2/c1-13-7-3-4-9(8-13)5-6-10(12)11(14)15-2/h9-10H,3-8,12H2,1-2H3. The zero-order valence-corrected chi connectivity index (χ0v) is 9.74. The number of carbonyl (C=O) groups excluding carboxylic acids is 1. The van der Waals surface area contributed by atoms with Gasteiger partial charge in [-0.25, -0.2) is 0 Å². The molecule has 1 saturated heterocycles. The molecule has 0 aromatic rings. The molecule has 0 spiro atoms. The molecule has 0 amide bonds. The lowest BCUT2D eigenvalue weighted by molar-refractivity contribution is -0.142. The molecule has 2 N–H and O–H groups in total. The van der Waals surface area contributed by atoms with Crippen LogP contribution in [0.5, 0.6) is 0 Å². The quantitative estimate of drug-likeness (QED) is 0.697. The number of nitrogens with zero attached hydrogens (tertiary/aromatic N) is 1. The van der Waals surface area contributed by atoms with E-state index in [2.05, 4.69) is 16.7 Å². The lowest BCUT2D eigenvalue weighted by Gasteiger charge is -2.30. The minimum absolute atomic E-state index is 0.292. The Morgan fingerprint density at radius 1 is 1.67 bits per heavy atom. The van der Waals surface area contributed by atoms with Gasteiger partial charge in [0.25, 0.3) is 0 Å². The fraction of sp³-hybridized carbons (Fsp3) is 0.909. The Kier molecular flexibility index (Phi) is 5.05. The highest BCUT2D eigenvalue weighted by atomic mass is 16.5. The molecule has 2 unspecified atom stereocenters. The number of methoxy groups -OCH3 is 1. The monoisotopic (exact) mass is 214 g/mol. The number of rotatable bonds is 4. The normalized spacial score (nSPS) is 24.9. The average molecular weight is 214 g/mol. The largest absolute Gasteiger partial charge is 0.468 e. The van der Waals surface area contributed by atoms with Gasteiger partial charge in [-0.1, -0.05) is 0 Å². The minimum Gasteiger partial charge on any atom is -0.468 e. The van der Waals surface area contributed by atoms with Gasteiger partial charge in [0.05, 0.1) is 7.11 Å². The molecule has 2 atom stereocenters. The molecule has 0 saturated carbocycles. The molecule has 0 radical (unpaired) electrons. The van der Waals surface area contributed by atoms with Crippen LogP contribution in [0.4, 0.5) is 0 Å². The van der Waals surface area contributed by atoms with Crippen molar-refractivity contribution in [3.63, 3.8) is 0 Å². The first-order chi connectivity index (χ1) is 7.13. The molecule has 88 valence electrons. The van der Waals surface area contributed by atoms with Gasteiger partial charge in [-0.15, -0.1) is 0 Å². The first kappa shape index (κ1) is 12.5. The second-order valence-corrected chi connectivity index (χ2v) is 4.48. The van der Waals surface area contributed by atoms with Crippen LogP contribution in [0.15, 0.2) is 0 Å². The van der Waals surface area contributed by atoms with Crippen LogP contribution in [0, 0.1) is 5.92 Å². The predicted molar refractivity (Wildman–Crippen MR) is 59.4 cm³/mol. The summed E-state index contributed by atoms with van der Waals surface area (Å²) in [6, 6.07) is -0.442. The summed E-state index contributed by atoms with van der Waals surface area (Å²) < 4.78 is 4.60. The van der Waals surface area contributed by atoms with E-state index in [1.165, 1.54) is 26.5 Å². The second-order valence-electron chi connectivity index (χ2n) is 4.48. The first-order valence-electron chi connectivity index (χ1n) is 5.65. The van der Waals surface area contributed by atoms with E-state index >= 15 is 0 Å². The van der Waals surface area contributed by atoms with Crippen molar-refractivity contribution in [3.8, 4) is 0 Å². The molecule has 1 heterocycles. The zero-order chi connectivity index (χ0) is 11.3. The Bertz CT molecular complexity index is 209. The molecule has 0 aromatic carbocycles. The summed E-state index contributed by atoms with van der Waals surface area (Å²) in [5.74, 6) is 0.402. The number of piperidine rings is 1. The lowest BCUT2D eigenvalue weighted by Crippen LogP contribution is -2.35. The Morgan fingerprint density at radius 3 is 3.00 bits per heavy atom. The maximum absolute atomic E-state index is 11.1. The summed E-state index contributed by atoms with van der Waals surface area (Å²) in [6.07, 6.45) is 4.29. The predicted octanol–water partition coefficient (Wildman–Crippen LogP) is 0.609. The third kappa shape index (κ3) is 4.18. The SMILES string of the molecule is COC(=O)C(N)CCC1CCCN(C)C1. The van der Waals surface area contributed by atoms with Crippen molar-refractivity contribution >= 4 is 5.97 Å². The Labute approximate surface area is 91.8 Å². The molecule has 0 aromatic heterocycles. The topological polar surface area (TPSA) is 55.6 Å². The van der Waals surface area contributed by atoms with E-state index in [4.69, 9.17) is 5.73 Å². The van der Waals surface area contributed by atoms with Crippen LogP contribution in [0.25, 0.3) is 0 Å². The van der Waals surface area contributed by atoms with E-state index in [0.717, 1.165) is 19.4 Å². The van der Waals surface area contributed by atoms with Crippen LogP contribution >= 0.6 is 0 Å². The van der Waals surface area contributed by atoms with Gasteiger partial charge in [0.1, 0.15) is 6.04 Å². The van der Waals surface area contributed by atoms with Crippen molar-refractivity contribution in [2.45, 2.75) is 31.7 Å². The van der Waals surface area contributed by atoms with Crippen LogP contribution < -0.4 is 5.73 Å². The number of nitrogens with two attached hydrogens (primary N) is 1. The Hall–Kier alpha value is -0.610. The van der Waals surface area contributed by atoms with Crippen LogP contribution in [0.3, 0.4) is 0 Å². The van der Waals surface area contributed by atoms with E-state index in [1.807, 2.05) is 0 Å². The molecule has 1 aliphatic heterocycles. The van der Waals surface area contributed by atoms with Crippen LogP contribution in [0.1, 0.15) is 25.7 Å². The van der Waals surface area contributed by atoms with Crippen LogP contribution in [-0.4, -0.2) is 44.2 Å². The molecule has 1 rings (SSSR count). The number of hydrogen-bond donors (Lipinski definition) is 1. The molecular weight excluding hydrogens is 192 g/mol. The second kappa shape index (κ2) is 6.08. The smallest absolute Gasteiger partial charge is 0.322 e. The highest BCUT2D eigenvalue weighted by molar-refractivity contribution is 5.75. The van der Waals surface area contributed by atoms with Gasteiger partial charge in [-0.2, -0.15) is 0 Å².